The van der Waals surface area contributed by atoms with Crippen LogP contribution in [-0.2, 0) is 4.74 Å². The van der Waals surface area contributed by atoms with Crippen LogP contribution in [0.25, 0.3) is 0 Å². The lowest BCUT2D eigenvalue weighted by atomic mass is 10.7. The van der Waals surface area contributed by atoms with Gasteiger partial charge >= 0.3 is 12.5 Å². The Kier molecular flexibility index (Phi) is 7.91. The van der Waals surface area contributed by atoms with Gasteiger partial charge in [0.05, 0.1) is 0 Å². The topological polar surface area (TPSA) is 26.3 Å². The summed E-state index contributed by atoms with van der Waals surface area (Å²) in [5.74, 6) is 0. The Balaban J connectivity index is 0. The highest BCUT2D eigenvalue weighted by molar-refractivity contribution is 5.55. The van der Waals surface area contributed by atoms with Gasteiger partial charge in [0, 0.05) is 0 Å². The van der Waals surface area contributed by atoms with Crippen molar-refractivity contribution in [1.29, 1.82) is 0 Å². The van der Waals surface area contributed by atoms with Crippen LogP contribution in [0.2, 0.25) is 0 Å². The fraction of sp³-hybridized carbons (Fsp3) is 0.750. The molecule has 0 aliphatic rings. The van der Waals surface area contributed by atoms with Crippen LogP contribution in [0.4, 0.5) is 31.1 Å². The van der Waals surface area contributed by atoms with Gasteiger partial charge in [-0.25, -0.2) is 9.18 Å². The fourth-order valence-electron chi connectivity index (χ4n) is 0.154. The van der Waals surface area contributed by atoms with Crippen molar-refractivity contribution in [2.24, 2.45) is 0 Å². The molecule has 0 aliphatic carbocycles. The monoisotopic (exact) mass is 198 g/mol. The number of rotatable bonds is 2. The smallest absolute Gasteiger partial charge is 0.341 e. The predicted octanol–water partition coefficient (Wildman–Crippen LogP) is 2.54. The van der Waals surface area contributed by atoms with Crippen molar-refractivity contribution in [3.63, 3.8) is 0 Å². The Labute approximate surface area is 63.1 Å². The molecule has 74 valence electrons. The van der Waals surface area contributed by atoms with Crippen LogP contribution in [0.15, 0.2) is 0 Å². The van der Waals surface area contributed by atoms with Crippen molar-refractivity contribution in [3.05, 3.63) is 0 Å². The summed E-state index contributed by atoms with van der Waals surface area (Å²) in [6.45, 7) is -2.90. The molecule has 0 spiro atoms. The molecule has 12 heavy (non-hydrogen) atoms. The molecule has 0 aromatic heterocycles. The lowest BCUT2D eigenvalue weighted by Gasteiger charge is -2.02. The molecular formula is C4H4F6O2. The molecule has 0 saturated carbocycles. The fourth-order valence-corrected chi connectivity index (χ4v) is 0.154. The SMILES string of the molecule is FCOCC(F)(F)F.O=C(F)F. The number of halogens is 6. The van der Waals surface area contributed by atoms with Crippen LogP contribution in [0.3, 0.4) is 0 Å². The second kappa shape index (κ2) is 6.89. The van der Waals surface area contributed by atoms with Crippen molar-refractivity contribution in [2.45, 2.75) is 6.18 Å². The minimum atomic E-state index is -4.41. The first-order valence-corrected chi connectivity index (χ1v) is 2.35. The van der Waals surface area contributed by atoms with E-state index in [1.165, 1.54) is 0 Å². The molecule has 0 aliphatic heterocycles. The standard InChI is InChI=1S/C3H4F4O.CF2O/c4-2-8-1-3(5,6)7;2-1(3)4/h1-2H2;. The Morgan fingerprint density at radius 2 is 1.58 bits per heavy atom. The first kappa shape index (κ1) is 13.8. The summed E-state index contributed by atoms with van der Waals surface area (Å²) in [6.07, 6.45) is -7.24. The van der Waals surface area contributed by atoms with Gasteiger partial charge in [-0.3, -0.25) is 0 Å². The molecule has 0 aromatic carbocycles. The molecule has 0 N–H and O–H groups in total. The van der Waals surface area contributed by atoms with Crippen LogP contribution >= 0.6 is 0 Å². The first-order chi connectivity index (χ1) is 5.29. The lowest BCUT2D eigenvalue weighted by Crippen LogP contribution is -2.16. The van der Waals surface area contributed by atoms with Gasteiger partial charge in [-0.05, 0) is 0 Å². The zero-order valence-corrected chi connectivity index (χ0v) is 5.50. The molecule has 0 amide bonds. The predicted molar refractivity (Wildman–Crippen MR) is 25.6 cm³/mol. The van der Waals surface area contributed by atoms with Crippen LogP contribution in [-0.4, -0.2) is 25.9 Å². The molecular weight excluding hydrogens is 194 g/mol. The third-order valence-electron chi connectivity index (χ3n) is 0.343. The summed E-state index contributed by atoms with van der Waals surface area (Å²) in [4.78, 5) is 8.11. The van der Waals surface area contributed by atoms with E-state index in [-0.39, 0.29) is 0 Å². The zero-order chi connectivity index (χ0) is 10.2. The Morgan fingerprint density at radius 3 is 1.67 bits per heavy atom. The quantitative estimate of drug-likeness (QED) is 0.503. The molecule has 0 unspecified atom stereocenters. The maximum atomic E-state index is 11.0. The maximum absolute atomic E-state index is 11.0. The summed E-state index contributed by atoms with van der Waals surface area (Å²) >= 11 is 0. The molecule has 0 saturated heterocycles. The second-order valence-corrected chi connectivity index (χ2v) is 1.30. The number of alkyl halides is 4. The van der Waals surface area contributed by atoms with Gasteiger partial charge < -0.3 is 4.74 Å². The average Bonchev–Trinajstić information content (AvgIpc) is 1.80. The Hall–Kier alpha value is -0.790. The number of carbonyl (C=O) groups excluding carboxylic acids is 1. The van der Waals surface area contributed by atoms with Gasteiger partial charge in [-0.2, -0.15) is 13.2 Å². The van der Waals surface area contributed by atoms with Crippen molar-refractivity contribution in [3.8, 4) is 0 Å². The highest BCUT2D eigenvalue weighted by Crippen LogP contribution is 2.13. The number of hydrogen-bond acceptors (Lipinski definition) is 2. The van der Waals surface area contributed by atoms with E-state index >= 15 is 0 Å². The Bertz CT molecular complexity index is 117. The van der Waals surface area contributed by atoms with E-state index in [4.69, 9.17) is 4.79 Å². The van der Waals surface area contributed by atoms with Crippen molar-refractivity contribution in [2.75, 3.05) is 13.5 Å². The van der Waals surface area contributed by atoms with Crippen LogP contribution in [0.5, 0.6) is 0 Å². The molecule has 8 heteroatoms. The van der Waals surface area contributed by atoms with E-state index in [0.717, 1.165) is 0 Å². The summed E-state index contributed by atoms with van der Waals surface area (Å²) < 4.78 is 66.4. The van der Waals surface area contributed by atoms with E-state index in [9.17, 15) is 26.3 Å². The second-order valence-electron chi connectivity index (χ2n) is 1.30. The Morgan fingerprint density at radius 1 is 1.25 bits per heavy atom. The molecule has 0 radical (unpaired) electrons. The van der Waals surface area contributed by atoms with Crippen LogP contribution in [0, 0.1) is 0 Å². The average molecular weight is 198 g/mol. The van der Waals surface area contributed by atoms with Crippen molar-refractivity contribution >= 4 is 6.29 Å². The molecule has 0 atom stereocenters. The minimum absolute atomic E-state index is 1.39. The third-order valence-corrected chi connectivity index (χ3v) is 0.343. The van der Waals surface area contributed by atoms with Gasteiger partial charge in [0.15, 0.2) is 6.86 Å². The van der Waals surface area contributed by atoms with Gasteiger partial charge in [0.1, 0.15) is 6.61 Å². The van der Waals surface area contributed by atoms with Crippen LogP contribution in [0.1, 0.15) is 0 Å². The highest BCUT2D eigenvalue weighted by atomic mass is 19.4. The van der Waals surface area contributed by atoms with Crippen molar-refractivity contribution < 1.29 is 35.9 Å². The molecule has 0 heterocycles. The van der Waals surface area contributed by atoms with E-state index in [0.29, 0.717) is 0 Å². The van der Waals surface area contributed by atoms with Gasteiger partial charge in [-0.1, -0.05) is 0 Å². The number of carbonyl (C=O) groups is 1. The zero-order valence-electron chi connectivity index (χ0n) is 5.50. The van der Waals surface area contributed by atoms with E-state index in [2.05, 4.69) is 4.74 Å². The van der Waals surface area contributed by atoms with Gasteiger partial charge in [-0.15, -0.1) is 8.78 Å². The normalized spacial score (nSPS) is 10.2. The number of hydrogen-bond donors (Lipinski definition) is 0. The largest absolute Gasteiger partial charge is 0.483 e. The van der Waals surface area contributed by atoms with Crippen molar-refractivity contribution in [1.82, 2.24) is 0 Å². The highest BCUT2D eigenvalue weighted by Gasteiger charge is 2.27. The molecule has 0 bridgehead atoms. The summed E-state index contributed by atoms with van der Waals surface area (Å²) in [6, 6.07) is 0. The minimum Gasteiger partial charge on any atom is -0.341 e. The summed E-state index contributed by atoms with van der Waals surface area (Å²) in [5.41, 5.74) is 0. The molecule has 2 nitrogen and oxygen atoms in total. The molecule has 0 fully saturated rings. The molecule has 0 aromatic rings. The van der Waals surface area contributed by atoms with Gasteiger partial charge in [0.2, 0.25) is 0 Å². The van der Waals surface area contributed by atoms with E-state index in [1.807, 2.05) is 0 Å². The van der Waals surface area contributed by atoms with Gasteiger partial charge in [0.25, 0.3) is 0 Å². The first-order valence-electron chi connectivity index (χ1n) is 2.35. The number of ether oxygens (including phenoxy) is 1. The lowest BCUT2D eigenvalue weighted by molar-refractivity contribution is -0.182. The third kappa shape index (κ3) is 35.0. The summed E-state index contributed by atoms with van der Waals surface area (Å²) in [5, 5.41) is 0. The van der Waals surface area contributed by atoms with E-state index < -0.39 is 25.9 Å². The maximum Gasteiger partial charge on any atom is 0.483 e. The summed E-state index contributed by atoms with van der Waals surface area (Å²) in [7, 11) is 0. The van der Waals surface area contributed by atoms with Crippen LogP contribution < -0.4 is 0 Å². The molecule has 0 rings (SSSR count). The van der Waals surface area contributed by atoms with E-state index in [1.54, 1.807) is 0 Å².